The molecule has 0 saturated heterocycles. The lowest BCUT2D eigenvalue weighted by atomic mass is 10.2. The Morgan fingerprint density at radius 1 is 1.53 bits per heavy atom. The zero-order valence-electron chi connectivity index (χ0n) is 10.2. The highest BCUT2D eigenvalue weighted by Crippen LogP contribution is 2.26. The van der Waals surface area contributed by atoms with E-state index < -0.39 is 12.6 Å². The monoisotopic (exact) mass is 286 g/mol. The molecule has 1 N–H and O–H groups in total. The van der Waals surface area contributed by atoms with Crippen LogP contribution in [0.5, 0.6) is 0 Å². The SMILES string of the molecule is Cc1cc2c(cc1F)nc(SCC(=O)O)n2CCF. The van der Waals surface area contributed by atoms with Crippen molar-refractivity contribution in [2.24, 2.45) is 0 Å². The Labute approximate surface area is 112 Å². The molecular formula is C12H12F2N2O2S. The van der Waals surface area contributed by atoms with Gasteiger partial charge in [0.1, 0.15) is 12.5 Å². The number of carboxylic acid groups (broad SMARTS) is 1. The van der Waals surface area contributed by atoms with Gasteiger partial charge in [0.15, 0.2) is 5.16 Å². The summed E-state index contributed by atoms with van der Waals surface area (Å²) in [6.07, 6.45) is 0. The number of imidazole rings is 1. The molecule has 102 valence electrons. The fraction of sp³-hybridized carbons (Fsp3) is 0.333. The molecule has 2 rings (SSSR count). The highest BCUT2D eigenvalue weighted by molar-refractivity contribution is 7.99. The molecule has 0 amide bonds. The van der Waals surface area contributed by atoms with Crippen LogP contribution in [0.25, 0.3) is 11.0 Å². The molecular weight excluding hydrogens is 274 g/mol. The van der Waals surface area contributed by atoms with Crippen molar-refractivity contribution in [2.45, 2.75) is 18.6 Å². The lowest BCUT2D eigenvalue weighted by Gasteiger charge is -2.05. The van der Waals surface area contributed by atoms with Crippen molar-refractivity contribution < 1.29 is 18.7 Å². The average molecular weight is 286 g/mol. The molecule has 0 aliphatic rings. The van der Waals surface area contributed by atoms with Crippen LogP contribution in [0.1, 0.15) is 5.56 Å². The van der Waals surface area contributed by atoms with Gasteiger partial charge in [-0.05, 0) is 18.6 Å². The number of benzene rings is 1. The lowest BCUT2D eigenvalue weighted by molar-refractivity contribution is -0.133. The number of aromatic nitrogens is 2. The maximum atomic E-state index is 13.5. The van der Waals surface area contributed by atoms with Gasteiger partial charge >= 0.3 is 5.97 Å². The Balaban J connectivity index is 2.49. The van der Waals surface area contributed by atoms with Crippen molar-refractivity contribution in [3.8, 4) is 0 Å². The average Bonchev–Trinajstić information content (AvgIpc) is 2.66. The van der Waals surface area contributed by atoms with Crippen molar-refractivity contribution >= 4 is 28.8 Å². The van der Waals surface area contributed by atoms with Crippen molar-refractivity contribution in [1.29, 1.82) is 0 Å². The van der Waals surface area contributed by atoms with Gasteiger partial charge in [0.25, 0.3) is 0 Å². The third-order valence-corrected chi connectivity index (χ3v) is 3.59. The molecule has 1 heterocycles. The number of rotatable bonds is 5. The van der Waals surface area contributed by atoms with E-state index in [1.807, 2.05) is 0 Å². The summed E-state index contributed by atoms with van der Waals surface area (Å²) in [6, 6.07) is 2.88. The van der Waals surface area contributed by atoms with Crippen LogP contribution in [-0.2, 0) is 11.3 Å². The van der Waals surface area contributed by atoms with Crippen LogP contribution in [0, 0.1) is 12.7 Å². The molecule has 0 aliphatic carbocycles. The van der Waals surface area contributed by atoms with E-state index in [1.165, 1.54) is 6.07 Å². The summed E-state index contributed by atoms with van der Waals surface area (Å²) in [7, 11) is 0. The number of aryl methyl sites for hydroxylation is 2. The summed E-state index contributed by atoms with van der Waals surface area (Å²) in [4.78, 5) is 14.7. The molecule has 7 heteroatoms. The van der Waals surface area contributed by atoms with Gasteiger partial charge < -0.3 is 9.67 Å². The summed E-state index contributed by atoms with van der Waals surface area (Å²) in [5.41, 5.74) is 1.47. The van der Waals surface area contributed by atoms with Gasteiger partial charge in [-0.1, -0.05) is 11.8 Å². The van der Waals surface area contributed by atoms with E-state index in [1.54, 1.807) is 17.6 Å². The Hall–Kier alpha value is -1.63. The Kier molecular flexibility index (Phi) is 4.04. The fourth-order valence-corrected chi connectivity index (χ4v) is 2.53. The van der Waals surface area contributed by atoms with Crippen molar-refractivity contribution in [3.05, 3.63) is 23.5 Å². The molecule has 1 aromatic heterocycles. The number of hydrogen-bond donors (Lipinski definition) is 1. The number of alkyl halides is 1. The third kappa shape index (κ3) is 2.86. The smallest absolute Gasteiger partial charge is 0.313 e. The maximum absolute atomic E-state index is 13.5. The molecule has 2 aromatic rings. The second kappa shape index (κ2) is 5.56. The van der Waals surface area contributed by atoms with E-state index in [4.69, 9.17) is 5.11 Å². The van der Waals surface area contributed by atoms with Crippen LogP contribution in [0.15, 0.2) is 17.3 Å². The second-order valence-electron chi connectivity index (χ2n) is 4.01. The molecule has 19 heavy (non-hydrogen) atoms. The first-order chi connectivity index (χ1) is 9.02. The molecule has 0 saturated carbocycles. The Morgan fingerprint density at radius 2 is 2.26 bits per heavy atom. The van der Waals surface area contributed by atoms with Crippen molar-refractivity contribution in [2.75, 3.05) is 12.4 Å². The first-order valence-corrected chi connectivity index (χ1v) is 6.58. The van der Waals surface area contributed by atoms with E-state index in [-0.39, 0.29) is 18.1 Å². The second-order valence-corrected chi connectivity index (χ2v) is 4.95. The van der Waals surface area contributed by atoms with Crippen LogP contribution in [0.3, 0.4) is 0 Å². The van der Waals surface area contributed by atoms with Gasteiger partial charge in [-0.25, -0.2) is 13.8 Å². The molecule has 1 aromatic carbocycles. The number of carboxylic acids is 1. The molecule has 0 radical (unpaired) electrons. The standard InChI is InChI=1S/C12H12F2N2O2S/c1-7-4-10-9(5-8(7)14)15-12(16(10)3-2-13)19-6-11(17)18/h4-5H,2-3,6H2,1H3,(H,17,18). The summed E-state index contributed by atoms with van der Waals surface area (Å²) in [5, 5.41) is 9.06. The molecule has 0 bridgehead atoms. The number of nitrogens with zero attached hydrogens (tertiary/aromatic N) is 2. The summed E-state index contributed by atoms with van der Waals surface area (Å²) >= 11 is 0.996. The van der Waals surface area contributed by atoms with E-state index in [0.29, 0.717) is 21.8 Å². The number of halogens is 2. The number of thioether (sulfide) groups is 1. The highest BCUT2D eigenvalue weighted by atomic mass is 32.2. The van der Waals surface area contributed by atoms with Crippen LogP contribution in [-0.4, -0.2) is 33.1 Å². The molecule has 0 fully saturated rings. The Bertz CT molecular complexity index is 628. The van der Waals surface area contributed by atoms with Crippen LogP contribution in [0.4, 0.5) is 8.78 Å². The molecule has 0 atom stereocenters. The zero-order valence-corrected chi connectivity index (χ0v) is 11.0. The third-order valence-electron chi connectivity index (χ3n) is 2.63. The number of aliphatic carboxylic acids is 1. The minimum atomic E-state index is -0.980. The largest absolute Gasteiger partial charge is 0.481 e. The predicted molar refractivity (Wildman–Crippen MR) is 68.8 cm³/mol. The van der Waals surface area contributed by atoms with E-state index >= 15 is 0 Å². The normalized spacial score (nSPS) is 11.1. The first-order valence-electron chi connectivity index (χ1n) is 5.60. The summed E-state index contributed by atoms with van der Waals surface area (Å²) in [5.74, 6) is -1.53. The summed E-state index contributed by atoms with van der Waals surface area (Å²) < 4.78 is 27.6. The molecule has 0 unspecified atom stereocenters. The van der Waals surface area contributed by atoms with E-state index in [9.17, 15) is 13.6 Å². The van der Waals surface area contributed by atoms with Crippen LogP contribution in [0.2, 0.25) is 0 Å². The quantitative estimate of drug-likeness (QED) is 0.858. The van der Waals surface area contributed by atoms with Gasteiger partial charge in [-0.3, -0.25) is 4.79 Å². The van der Waals surface area contributed by atoms with E-state index in [0.717, 1.165) is 11.8 Å². The van der Waals surface area contributed by atoms with Gasteiger partial charge in [-0.15, -0.1) is 0 Å². The minimum absolute atomic E-state index is 0.0729. The van der Waals surface area contributed by atoms with Crippen LogP contribution < -0.4 is 0 Å². The van der Waals surface area contributed by atoms with Crippen molar-refractivity contribution in [1.82, 2.24) is 9.55 Å². The van der Waals surface area contributed by atoms with Gasteiger partial charge in [0.2, 0.25) is 0 Å². The van der Waals surface area contributed by atoms with E-state index in [2.05, 4.69) is 4.98 Å². The fourth-order valence-electron chi connectivity index (χ4n) is 1.77. The van der Waals surface area contributed by atoms with Gasteiger partial charge in [0.05, 0.1) is 23.3 Å². The molecule has 4 nitrogen and oxygen atoms in total. The predicted octanol–water partition coefficient (Wildman–Crippen LogP) is 2.63. The number of hydrogen-bond acceptors (Lipinski definition) is 3. The highest BCUT2D eigenvalue weighted by Gasteiger charge is 2.14. The minimum Gasteiger partial charge on any atom is -0.481 e. The first kappa shape index (κ1) is 13.8. The van der Waals surface area contributed by atoms with Gasteiger partial charge in [0, 0.05) is 6.07 Å². The summed E-state index contributed by atoms with van der Waals surface area (Å²) in [6.45, 7) is 1.09. The van der Waals surface area contributed by atoms with Crippen LogP contribution >= 0.6 is 11.8 Å². The number of fused-ring (bicyclic) bond motifs is 1. The van der Waals surface area contributed by atoms with Gasteiger partial charge in [-0.2, -0.15) is 0 Å². The topological polar surface area (TPSA) is 55.1 Å². The molecule has 0 spiro atoms. The maximum Gasteiger partial charge on any atom is 0.313 e. The van der Waals surface area contributed by atoms with Crippen molar-refractivity contribution in [3.63, 3.8) is 0 Å². The number of carbonyl (C=O) groups is 1. The molecule has 0 aliphatic heterocycles. The Morgan fingerprint density at radius 3 is 2.89 bits per heavy atom. The lowest BCUT2D eigenvalue weighted by Crippen LogP contribution is -2.04. The zero-order chi connectivity index (χ0) is 14.0.